The zero-order valence-corrected chi connectivity index (χ0v) is 18.6. The summed E-state index contributed by atoms with van der Waals surface area (Å²) in [7, 11) is 2.65. The molecule has 0 unspecified atom stereocenters. The molecule has 7 heteroatoms. The second-order valence-corrected chi connectivity index (χ2v) is 8.14. The second-order valence-electron chi connectivity index (χ2n) is 5.81. The molecule has 1 N–H and O–H groups in total. The molecule has 1 aliphatic carbocycles. The van der Waals surface area contributed by atoms with E-state index >= 15 is 0 Å². The van der Waals surface area contributed by atoms with Crippen molar-refractivity contribution in [1.82, 2.24) is 0 Å². The molecule has 1 aromatic rings. The molecular weight excluding hydrogens is 550 g/mol. The number of ether oxygens (including phenoxy) is 2. The van der Waals surface area contributed by atoms with Crippen LogP contribution in [0.1, 0.15) is 31.7 Å². The highest BCUT2D eigenvalue weighted by Crippen LogP contribution is 2.44. The van der Waals surface area contributed by atoms with E-state index in [0.717, 1.165) is 16.7 Å². The number of carbonyl (C=O) groups is 2. The molecule has 1 aliphatic rings. The average Bonchev–Trinajstić information content (AvgIpc) is 2.57. The number of allylic oxidation sites excluding steroid dienone is 2. The molecule has 0 heterocycles. The third kappa shape index (κ3) is 3.86. The number of halogens is 2. The van der Waals surface area contributed by atoms with E-state index in [1.807, 2.05) is 59.0 Å². The number of phenols is 1. The van der Waals surface area contributed by atoms with Gasteiger partial charge in [-0.25, -0.2) is 9.59 Å². The highest BCUT2D eigenvalue weighted by Gasteiger charge is 2.37. The molecule has 0 spiro atoms. The monoisotopic (exact) mass is 568 g/mol. The Morgan fingerprint density at radius 3 is 1.76 bits per heavy atom. The summed E-state index contributed by atoms with van der Waals surface area (Å²) < 4.78 is 11.2. The van der Waals surface area contributed by atoms with E-state index in [0.29, 0.717) is 24.7 Å². The smallest absolute Gasteiger partial charge is 0.334 e. The highest BCUT2D eigenvalue weighted by molar-refractivity contribution is 14.1. The Labute approximate surface area is 173 Å². The molecule has 5 nitrogen and oxygen atoms in total. The van der Waals surface area contributed by atoms with Gasteiger partial charge in [0, 0.05) is 17.1 Å². The van der Waals surface area contributed by atoms with Gasteiger partial charge in [-0.15, -0.1) is 0 Å². The Hall–Kier alpha value is -1.10. The first kappa shape index (κ1) is 20.2. The lowest BCUT2D eigenvalue weighted by molar-refractivity contribution is -0.137. The molecule has 1 aromatic carbocycles. The SMILES string of the molecule is COC(=O)C1=C(C)CC(C)=C(C(=O)OC)C1c1cc(I)c(O)c(I)c1. The summed E-state index contributed by atoms with van der Waals surface area (Å²) in [6.45, 7) is 3.74. The van der Waals surface area contributed by atoms with Gasteiger partial charge in [0.1, 0.15) is 5.75 Å². The Bertz CT molecular complexity index is 747. The van der Waals surface area contributed by atoms with Crippen LogP contribution in [0.5, 0.6) is 5.75 Å². The number of aromatic hydroxyl groups is 1. The van der Waals surface area contributed by atoms with Crippen LogP contribution in [0.15, 0.2) is 34.4 Å². The predicted octanol–water partition coefficient (Wildman–Crippen LogP) is 4.07. The molecule has 0 saturated carbocycles. The number of esters is 2. The molecule has 25 heavy (non-hydrogen) atoms. The zero-order valence-electron chi connectivity index (χ0n) is 14.3. The van der Waals surface area contributed by atoms with E-state index < -0.39 is 17.9 Å². The number of hydrogen-bond donors (Lipinski definition) is 1. The summed E-state index contributed by atoms with van der Waals surface area (Å²) in [5, 5.41) is 10.1. The Morgan fingerprint density at radius 1 is 1.00 bits per heavy atom. The normalized spacial score (nSPS) is 15.4. The second kappa shape index (κ2) is 8.07. The summed E-state index contributed by atoms with van der Waals surface area (Å²) in [5.74, 6) is -1.33. The Balaban J connectivity index is 2.77. The lowest BCUT2D eigenvalue weighted by Gasteiger charge is -2.29. The summed E-state index contributed by atoms with van der Waals surface area (Å²) >= 11 is 4.06. The molecule has 2 rings (SSSR count). The van der Waals surface area contributed by atoms with Crippen LogP contribution in [0.25, 0.3) is 0 Å². The number of benzene rings is 1. The molecule has 0 fully saturated rings. The molecule has 0 radical (unpaired) electrons. The van der Waals surface area contributed by atoms with E-state index in [9.17, 15) is 14.7 Å². The van der Waals surface area contributed by atoms with E-state index in [4.69, 9.17) is 9.47 Å². The number of rotatable bonds is 3. The van der Waals surface area contributed by atoms with Gasteiger partial charge in [0.2, 0.25) is 0 Å². The number of carbonyl (C=O) groups excluding carboxylic acids is 2. The van der Waals surface area contributed by atoms with Crippen molar-refractivity contribution in [3.05, 3.63) is 47.1 Å². The summed E-state index contributed by atoms with van der Waals surface area (Å²) in [5.41, 5.74) is 3.36. The Kier molecular flexibility index (Phi) is 6.52. The van der Waals surface area contributed by atoms with Gasteiger partial charge in [-0.1, -0.05) is 11.1 Å². The average molecular weight is 568 g/mol. The molecule has 134 valence electrons. The van der Waals surface area contributed by atoms with Crippen LogP contribution in [-0.4, -0.2) is 31.3 Å². The molecule has 0 aliphatic heterocycles. The maximum Gasteiger partial charge on any atom is 0.334 e. The van der Waals surface area contributed by atoms with Gasteiger partial charge in [-0.3, -0.25) is 0 Å². The van der Waals surface area contributed by atoms with Gasteiger partial charge in [0.25, 0.3) is 0 Å². The lowest BCUT2D eigenvalue weighted by Crippen LogP contribution is -2.26. The van der Waals surface area contributed by atoms with Crippen LogP contribution in [0.4, 0.5) is 0 Å². The van der Waals surface area contributed by atoms with Crippen LogP contribution in [0.2, 0.25) is 0 Å². The Morgan fingerprint density at radius 2 is 1.40 bits per heavy atom. The fourth-order valence-electron chi connectivity index (χ4n) is 3.11. The van der Waals surface area contributed by atoms with Crippen LogP contribution >= 0.6 is 45.2 Å². The van der Waals surface area contributed by atoms with Crippen molar-refractivity contribution < 1.29 is 24.2 Å². The van der Waals surface area contributed by atoms with E-state index in [2.05, 4.69) is 0 Å². The van der Waals surface area contributed by atoms with Crippen LogP contribution in [0.3, 0.4) is 0 Å². The van der Waals surface area contributed by atoms with E-state index in [1.54, 1.807) is 12.1 Å². The minimum atomic E-state index is -0.587. The predicted molar refractivity (Wildman–Crippen MR) is 110 cm³/mol. The number of phenolic OH excluding ortho intramolecular Hbond substituents is 1. The van der Waals surface area contributed by atoms with Crippen molar-refractivity contribution in [3.63, 3.8) is 0 Å². The standard InChI is InChI=1S/C18H18I2O5/c1-8-5-9(2)14(18(23)25-4)15(13(8)17(22)24-3)10-6-11(19)16(21)12(20)7-10/h6-7,15,21H,5H2,1-4H3. The van der Waals surface area contributed by atoms with Gasteiger partial charge in [-0.2, -0.15) is 0 Å². The van der Waals surface area contributed by atoms with Crippen molar-refractivity contribution in [2.75, 3.05) is 14.2 Å². The van der Waals surface area contributed by atoms with Crippen molar-refractivity contribution in [1.29, 1.82) is 0 Å². The zero-order chi connectivity index (χ0) is 18.9. The van der Waals surface area contributed by atoms with Gasteiger partial charge < -0.3 is 14.6 Å². The third-order valence-corrected chi connectivity index (χ3v) is 5.86. The number of methoxy groups -OCH3 is 2. The lowest BCUT2D eigenvalue weighted by atomic mass is 9.75. The van der Waals surface area contributed by atoms with Crippen LogP contribution in [0, 0.1) is 7.14 Å². The number of hydrogen-bond acceptors (Lipinski definition) is 5. The van der Waals surface area contributed by atoms with E-state index in [1.165, 1.54) is 14.2 Å². The first-order valence-corrected chi connectivity index (χ1v) is 9.62. The molecule has 0 saturated heterocycles. The quantitative estimate of drug-likeness (QED) is 0.440. The summed E-state index contributed by atoms with van der Waals surface area (Å²) in [6, 6.07) is 3.56. The first-order valence-electron chi connectivity index (χ1n) is 7.46. The highest BCUT2D eigenvalue weighted by atomic mass is 127. The molecule has 0 atom stereocenters. The maximum atomic E-state index is 12.5. The third-order valence-electron chi connectivity index (χ3n) is 4.21. The molecule has 0 bridgehead atoms. The van der Waals surface area contributed by atoms with Crippen LogP contribution < -0.4 is 0 Å². The van der Waals surface area contributed by atoms with Crippen molar-refractivity contribution in [3.8, 4) is 5.75 Å². The maximum absolute atomic E-state index is 12.5. The van der Waals surface area contributed by atoms with Crippen molar-refractivity contribution >= 4 is 57.1 Å². The van der Waals surface area contributed by atoms with Crippen molar-refractivity contribution in [2.24, 2.45) is 0 Å². The molecule has 0 aromatic heterocycles. The topological polar surface area (TPSA) is 72.8 Å². The fraction of sp³-hybridized carbons (Fsp3) is 0.333. The first-order chi connectivity index (χ1) is 11.7. The summed E-state index contributed by atoms with van der Waals surface area (Å²) in [6.07, 6.45) is 0.512. The van der Waals surface area contributed by atoms with Crippen molar-refractivity contribution in [2.45, 2.75) is 26.2 Å². The van der Waals surface area contributed by atoms with Gasteiger partial charge in [-0.05, 0) is 83.1 Å². The van der Waals surface area contributed by atoms with E-state index in [-0.39, 0.29) is 5.75 Å². The molecular formula is C18H18I2O5. The van der Waals surface area contributed by atoms with Crippen LogP contribution in [-0.2, 0) is 19.1 Å². The largest absolute Gasteiger partial charge is 0.506 e. The molecule has 0 amide bonds. The fourth-order valence-corrected chi connectivity index (χ4v) is 4.93. The minimum absolute atomic E-state index is 0.182. The minimum Gasteiger partial charge on any atom is -0.506 e. The van der Waals surface area contributed by atoms with Gasteiger partial charge >= 0.3 is 11.9 Å². The van der Waals surface area contributed by atoms with Gasteiger partial charge in [0.15, 0.2) is 0 Å². The summed E-state index contributed by atoms with van der Waals surface area (Å²) in [4.78, 5) is 24.9. The van der Waals surface area contributed by atoms with Gasteiger partial charge in [0.05, 0.1) is 21.4 Å².